The van der Waals surface area contributed by atoms with Crippen molar-refractivity contribution in [1.29, 1.82) is 0 Å². The second kappa shape index (κ2) is 9.51. The Hall–Kier alpha value is -2.54. The van der Waals surface area contributed by atoms with Gasteiger partial charge in [-0.3, -0.25) is 4.72 Å². The van der Waals surface area contributed by atoms with Crippen LogP contribution in [0.3, 0.4) is 0 Å². The lowest BCUT2D eigenvalue weighted by Crippen LogP contribution is -2.24. The molecule has 2 N–H and O–H groups in total. The van der Waals surface area contributed by atoms with Crippen LogP contribution in [-0.4, -0.2) is 32.6 Å². The molecule has 0 saturated heterocycles. The molecule has 0 bridgehead atoms. The number of sulfonamides is 1. The largest absolute Gasteiger partial charge is 0.478 e. The molecule has 0 spiro atoms. The number of carbonyl (C=O) groups is 1. The molecule has 6 nitrogen and oxygen atoms in total. The zero-order valence-electron chi connectivity index (χ0n) is 17.6. The minimum atomic E-state index is -3.80. The number of anilines is 2. The minimum absolute atomic E-state index is 0.0755. The normalized spacial score (nSPS) is 15.0. The number of rotatable bonds is 8. The molecule has 2 aromatic rings. The molecule has 2 aromatic carbocycles. The standard InChI is InChI=1S/C23H30N2O4S/c1-3-25(4-2)22-15-12-19(16-21(22)23(26)27)24-30(28,29)20-13-10-18(11-14-20)17-8-6-5-7-9-17/h10-17,24H,3-9H2,1-2H3,(H,26,27). The molecule has 1 saturated carbocycles. The summed E-state index contributed by atoms with van der Waals surface area (Å²) in [5, 5.41) is 9.60. The zero-order valence-corrected chi connectivity index (χ0v) is 18.4. The van der Waals surface area contributed by atoms with Crippen LogP contribution in [0.25, 0.3) is 0 Å². The van der Waals surface area contributed by atoms with E-state index in [9.17, 15) is 18.3 Å². The van der Waals surface area contributed by atoms with Gasteiger partial charge in [-0.2, -0.15) is 0 Å². The Morgan fingerprint density at radius 1 is 1.03 bits per heavy atom. The van der Waals surface area contributed by atoms with Crippen LogP contribution in [0.1, 0.15) is 67.8 Å². The Bertz CT molecular complexity index is 977. The fraction of sp³-hybridized carbons (Fsp3) is 0.435. The number of carboxylic acids is 1. The highest BCUT2D eigenvalue weighted by atomic mass is 32.2. The Morgan fingerprint density at radius 3 is 2.23 bits per heavy atom. The molecule has 162 valence electrons. The smallest absolute Gasteiger partial charge is 0.337 e. The topological polar surface area (TPSA) is 86.7 Å². The molecule has 30 heavy (non-hydrogen) atoms. The van der Waals surface area contributed by atoms with Crippen LogP contribution < -0.4 is 9.62 Å². The lowest BCUT2D eigenvalue weighted by molar-refractivity contribution is 0.0697. The summed E-state index contributed by atoms with van der Waals surface area (Å²) in [7, 11) is -3.80. The van der Waals surface area contributed by atoms with E-state index >= 15 is 0 Å². The van der Waals surface area contributed by atoms with Gasteiger partial charge in [-0.15, -0.1) is 0 Å². The number of aromatic carboxylic acids is 1. The Kier molecular flexibility index (Phi) is 7.02. The van der Waals surface area contributed by atoms with E-state index < -0.39 is 16.0 Å². The van der Waals surface area contributed by atoms with Crippen molar-refractivity contribution in [2.24, 2.45) is 0 Å². The highest BCUT2D eigenvalue weighted by molar-refractivity contribution is 7.92. The summed E-state index contributed by atoms with van der Waals surface area (Å²) in [6, 6.07) is 11.7. The number of nitrogens with one attached hydrogen (secondary N) is 1. The summed E-state index contributed by atoms with van der Waals surface area (Å²) in [5.41, 5.74) is 2.07. The average Bonchev–Trinajstić information content (AvgIpc) is 2.76. The molecule has 0 atom stereocenters. The predicted octanol–water partition coefficient (Wildman–Crippen LogP) is 5.08. The van der Waals surface area contributed by atoms with Crippen molar-refractivity contribution in [2.75, 3.05) is 22.7 Å². The maximum Gasteiger partial charge on any atom is 0.337 e. The van der Waals surface area contributed by atoms with Crippen LogP contribution in [-0.2, 0) is 10.0 Å². The Labute approximate surface area is 179 Å². The van der Waals surface area contributed by atoms with Gasteiger partial charge >= 0.3 is 5.97 Å². The van der Waals surface area contributed by atoms with Crippen molar-refractivity contribution in [3.05, 3.63) is 53.6 Å². The molecule has 0 unspecified atom stereocenters. The van der Waals surface area contributed by atoms with Gasteiger partial charge in [0.25, 0.3) is 10.0 Å². The van der Waals surface area contributed by atoms with E-state index in [1.165, 1.54) is 30.9 Å². The van der Waals surface area contributed by atoms with Gasteiger partial charge in [-0.25, -0.2) is 13.2 Å². The average molecular weight is 431 g/mol. The summed E-state index contributed by atoms with van der Waals surface area (Å²) >= 11 is 0. The number of benzene rings is 2. The van der Waals surface area contributed by atoms with Gasteiger partial charge in [-0.05, 0) is 68.5 Å². The molecule has 3 rings (SSSR count). The molecule has 1 aliphatic rings. The van der Waals surface area contributed by atoms with Gasteiger partial charge in [-0.1, -0.05) is 31.4 Å². The van der Waals surface area contributed by atoms with Crippen molar-refractivity contribution in [2.45, 2.75) is 56.8 Å². The Morgan fingerprint density at radius 2 is 1.67 bits per heavy atom. The van der Waals surface area contributed by atoms with E-state index in [4.69, 9.17) is 0 Å². The van der Waals surface area contributed by atoms with Crippen LogP contribution in [0.2, 0.25) is 0 Å². The van der Waals surface area contributed by atoms with Crippen LogP contribution in [0, 0.1) is 0 Å². The number of nitrogens with zero attached hydrogens (tertiary/aromatic N) is 1. The third-order valence-electron chi connectivity index (χ3n) is 5.85. The van der Waals surface area contributed by atoms with E-state index in [1.54, 1.807) is 24.3 Å². The van der Waals surface area contributed by atoms with Gasteiger partial charge in [0.1, 0.15) is 0 Å². The van der Waals surface area contributed by atoms with Gasteiger partial charge < -0.3 is 10.0 Å². The van der Waals surface area contributed by atoms with Crippen LogP contribution in [0.4, 0.5) is 11.4 Å². The first-order valence-corrected chi connectivity index (χ1v) is 12.1. The summed E-state index contributed by atoms with van der Waals surface area (Å²) in [6.45, 7) is 5.22. The lowest BCUT2D eigenvalue weighted by Gasteiger charge is -2.23. The molecule has 0 heterocycles. The van der Waals surface area contributed by atoms with Crippen molar-refractivity contribution < 1.29 is 18.3 Å². The van der Waals surface area contributed by atoms with E-state index in [0.29, 0.717) is 24.7 Å². The molecule has 0 radical (unpaired) electrons. The lowest BCUT2D eigenvalue weighted by atomic mass is 9.84. The zero-order chi connectivity index (χ0) is 21.7. The molecular formula is C23H30N2O4S. The maximum atomic E-state index is 12.8. The molecular weight excluding hydrogens is 400 g/mol. The molecule has 1 fully saturated rings. The van der Waals surface area contributed by atoms with Crippen LogP contribution in [0.15, 0.2) is 47.4 Å². The second-order valence-corrected chi connectivity index (χ2v) is 9.40. The van der Waals surface area contributed by atoms with Crippen molar-refractivity contribution >= 4 is 27.4 Å². The third kappa shape index (κ3) is 4.95. The summed E-state index contributed by atoms with van der Waals surface area (Å²) in [5.74, 6) is -0.580. The first-order chi connectivity index (χ1) is 14.4. The van der Waals surface area contributed by atoms with Gasteiger partial charge in [0, 0.05) is 18.8 Å². The molecule has 0 amide bonds. The Balaban J connectivity index is 1.82. The fourth-order valence-electron chi connectivity index (χ4n) is 4.18. The monoisotopic (exact) mass is 430 g/mol. The number of hydrogen-bond donors (Lipinski definition) is 2. The van der Waals surface area contributed by atoms with E-state index in [-0.39, 0.29) is 16.1 Å². The van der Waals surface area contributed by atoms with E-state index in [0.717, 1.165) is 12.8 Å². The highest BCUT2D eigenvalue weighted by Crippen LogP contribution is 2.33. The van der Waals surface area contributed by atoms with Gasteiger partial charge in [0.05, 0.1) is 16.1 Å². The fourth-order valence-corrected chi connectivity index (χ4v) is 5.23. The second-order valence-electron chi connectivity index (χ2n) is 7.72. The molecule has 0 aromatic heterocycles. The molecule has 0 aliphatic heterocycles. The van der Waals surface area contributed by atoms with Crippen molar-refractivity contribution in [3.63, 3.8) is 0 Å². The number of carboxylic acid groups (broad SMARTS) is 1. The van der Waals surface area contributed by atoms with Gasteiger partial charge in [0.15, 0.2) is 0 Å². The van der Waals surface area contributed by atoms with Crippen molar-refractivity contribution in [1.82, 2.24) is 0 Å². The van der Waals surface area contributed by atoms with E-state index in [2.05, 4.69) is 4.72 Å². The first-order valence-electron chi connectivity index (χ1n) is 10.6. The molecule has 7 heteroatoms. The maximum absolute atomic E-state index is 12.8. The van der Waals surface area contributed by atoms with Gasteiger partial charge in [0.2, 0.25) is 0 Å². The summed E-state index contributed by atoms with van der Waals surface area (Å²) in [4.78, 5) is 13.8. The van der Waals surface area contributed by atoms with Crippen LogP contribution in [0.5, 0.6) is 0 Å². The SMILES string of the molecule is CCN(CC)c1ccc(NS(=O)(=O)c2ccc(C3CCCCC3)cc2)cc1C(=O)O. The summed E-state index contributed by atoms with van der Waals surface area (Å²) in [6.07, 6.45) is 6.03. The highest BCUT2D eigenvalue weighted by Gasteiger charge is 2.20. The number of hydrogen-bond acceptors (Lipinski definition) is 4. The van der Waals surface area contributed by atoms with E-state index in [1.807, 2.05) is 30.9 Å². The van der Waals surface area contributed by atoms with Crippen molar-refractivity contribution in [3.8, 4) is 0 Å². The minimum Gasteiger partial charge on any atom is -0.478 e. The summed E-state index contributed by atoms with van der Waals surface area (Å²) < 4.78 is 28.2. The predicted molar refractivity (Wildman–Crippen MR) is 120 cm³/mol. The quantitative estimate of drug-likeness (QED) is 0.610. The molecule has 1 aliphatic carbocycles. The third-order valence-corrected chi connectivity index (χ3v) is 7.25. The van der Waals surface area contributed by atoms with Crippen LogP contribution >= 0.6 is 0 Å². The first kappa shape index (κ1) is 22.2.